The van der Waals surface area contributed by atoms with E-state index in [9.17, 15) is 9.59 Å². The molecule has 0 fully saturated rings. The van der Waals surface area contributed by atoms with Gasteiger partial charge in [-0.2, -0.15) is 0 Å². The molecule has 0 spiro atoms. The van der Waals surface area contributed by atoms with Crippen molar-refractivity contribution in [2.75, 3.05) is 13.7 Å². The van der Waals surface area contributed by atoms with E-state index in [1.807, 2.05) is 41.8 Å². The van der Waals surface area contributed by atoms with Gasteiger partial charge < -0.3 is 9.47 Å². The van der Waals surface area contributed by atoms with Crippen LogP contribution in [0.1, 0.15) is 41.1 Å². The van der Waals surface area contributed by atoms with Crippen LogP contribution in [0.2, 0.25) is 5.02 Å². The summed E-state index contributed by atoms with van der Waals surface area (Å²) in [5.41, 5.74) is 2.70. The first-order chi connectivity index (χ1) is 15.5. The van der Waals surface area contributed by atoms with Gasteiger partial charge in [0.25, 0.3) is 0 Å². The SMILES string of the molecule is CCOC(=O)Cc1csc(C(CC(=O)Cc2ccc(Cl)cc2)Cc2ccc(OC)cc2)n1. The van der Waals surface area contributed by atoms with Crippen LogP contribution in [-0.2, 0) is 33.6 Å². The second-order valence-electron chi connectivity index (χ2n) is 7.45. The van der Waals surface area contributed by atoms with Crippen LogP contribution in [0.4, 0.5) is 0 Å². The van der Waals surface area contributed by atoms with E-state index in [1.54, 1.807) is 26.2 Å². The van der Waals surface area contributed by atoms with Gasteiger partial charge in [-0.15, -0.1) is 11.3 Å². The van der Waals surface area contributed by atoms with Gasteiger partial charge in [-0.25, -0.2) is 4.98 Å². The van der Waals surface area contributed by atoms with E-state index in [0.717, 1.165) is 21.9 Å². The summed E-state index contributed by atoms with van der Waals surface area (Å²) < 4.78 is 10.3. The van der Waals surface area contributed by atoms with Crippen LogP contribution in [0.3, 0.4) is 0 Å². The van der Waals surface area contributed by atoms with E-state index in [2.05, 4.69) is 4.98 Å². The Morgan fingerprint density at radius 1 is 1.03 bits per heavy atom. The number of ether oxygens (including phenoxy) is 2. The smallest absolute Gasteiger partial charge is 0.311 e. The number of ketones is 1. The quantitative estimate of drug-likeness (QED) is 0.348. The van der Waals surface area contributed by atoms with E-state index < -0.39 is 0 Å². The number of carbonyl (C=O) groups is 2. The van der Waals surface area contributed by atoms with Crippen molar-refractivity contribution >= 4 is 34.7 Å². The first-order valence-electron chi connectivity index (χ1n) is 10.5. The van der Waals surface area contributed by atoms with Gasteiger partial charge in [0.15, 0.2) is 0 Å². The highest BCUT2D eigenvalue weighted by molar-refractivity contribution is 7.09. The molecule has 0 aliphatic rings. The number of esters is 1. The zero-order valence-corrected chi connectivity index (χ0v) is 19.7. The fourth-order valence-electron chi connectivity index (χ4n) is 3.42. The summed E-state index contributed by atoms with van der Waals surface area (Å²) in [7, 11) is 1.63. The fourth-order valence-corrected chi connectivity index (χ4v) is 4.47. The predicted octanol–water partition coefficient (Wildman–Crippen LogP) is 5.44. The molecule has 168 valence electrons. The molecule has 0 radical (unpaired) electrons. The van der Waals surface area contributed by atoms with Crippen LogP contribution < -0.4 is 4.74 Å². The van der Waals surface area contributed by atoms with Gasteiger partial charge in [-0.3, -0.25) is 9.59 Å². The fraction of sp³-hybridized carbons (Fsp3) is 0.320. The first-order valence-corrected chi connectivity index (χ1v) is 11.7. The zero-order chi connectivity index (χ0) is 22.9. The van der Waals surface area contributed by atoms with Gasteiger partial charge in [-0.1, -0.05) is 35.9 Å². The van der Waals surface area contributed by atoms with Crippen molar-refractivity contribution in [3.63, 3.8) is 0 Å². The van der Waals surface area contributed by atoms with Crippen molar-refractivity contribution in [1.82, 2.24) is 4.98 Å². The van der Waals surface area contributed by atoms with Crippen LogP contribution in [0.25, 0.3) is 0 Å². The van der Waals surface area contributed by atoms with Crippen molar-refractivity contribution in [3.8, 4) is 5.75 Å². The van der Waals surface area contributed by atoms with Crippen molar-refractivity contribution < 1.29 is 19.1 Å². The summed E-state index contributed by atoms with van der Waals surface area (Å²) in [5.74, 6) is 0.544. The third-order valence-electron chi connectivity index (χ3n) is 4.98. The molecule has 0 amide bonds. The lowest BCUT2D eigenvalue weighted by Crippen LogP contribution is -2.13. The Morgan fingerprint density at radius 3 is 2.38 bits per heavy atom. The lowest BCUT2D eigenvalue weighted by molar-refractivity contribution is -0.142. The van der Waals surface area contributed by atoms with E-state index in [4.69, 9.17) is 21.1 Å². The number of methoxy groups -OCH3 is 1. The molecule has 0 bridgehead atoms. The summed E-state index contributed by atoms with van der Waals surface area (Å²) in [6, 6.07) is 15.2. The first kappa shape index (κ1) is 24.0. The Kier molecular flexibility index (Phi) is 8.82. The predicted molar refractivity (Wildman–Crippen MR) is 127 cm³/mol. The number of hydrogen-bond acceptors (Lipinski definition) is 6. The molecule has 1 atom stereocenters. The third kappa shape index (κ3) is 7.18. The molecule has 3 rings (SSSR count). The minimum absolute atomic E-state index is 0.0795. The molecule has 0 saturated heterocycles. The summed E-state index contributed by atoms with van der Waals surface area (Å²) in [6.07, 6.45) is 1.51. The number of hydrogen-bond donors (Lipinski definition) is 0. The van der Waals surface area contributed by atoms with Gasteiger partial charge in [-0.05, 0) is 48.7 Å². The molecule has 1 aromatic heterocycles. The molecule has 2 aromatic carbocycles. The molecule has 32 heavy (non-hydrogen) atoms. The molecule has 3 aromatic rings. The summed E-state index contributed by atoms with van der Waals surface area (Å²) in [5, 5.41) is 3.37. The maximum absolute atomic E-state index is 12.9. The molecule has 1 heterocycles. The molecular weight excluding hydrogens is 446 g/mol. The van der Waals surface area contributed by atoms with Gasteiger partial charge >= 0.3 is 5.97 Å². The molecule has 0 N–H and O–H groups in total. The van der Waals surface area contributed by atoms with E-state index in [0.29, 0.717) is 36.6 Å². The highest BCUT2D eigenvalue weighted by Gasteiger charge is 2.21. The number of halogens is 1. The standard InChI is InChI=1S/C25H26ClNO4S/c1-3-31-24(29)15-21-16-32-25(27-21)19(12-17-6-10-23(30-2)11-7-17)14-22(28)13-18-4-8-20(26)9-5-18/h4-11,16,19H,3,12-15H2,1-2H3. The number of nitrogens with zero attached hydrogens (tertiary/aromatic N) is 1. The van der Waals surface area contributed by atoms with Crippen molar-refractivity contribution in [2.45, 2.75) is 38.5 Å². The highest BCUT2D eigenvalue weighted by Crippen LogP contribution is 2.29. The van der Waals surface area contributed by atoms with Gasteiger partial charge in [0, 0.05) is 29.2 Å². The van der Waals surface area contributed by atoms with Crippen LogP contribution in [0.15, 0.2) is 53.9 Å². The van der Waals surface area contributed by atoms with Crippen molar-refractivity contribution in [3.05, 3.63) is 80.8 Å². The van der Waals surface area contributed by atoms with Crippen molar-refractivity contribution in [1.29, 1.82) is 0 Å². The average molecular weight is 472 g/mol. The molecular formula is C25H26ClNO4S. The van der Waals surface area contributed by atoms with E-state index in [-0.39, 0.29) is 24.1 Å². The molecule has 0 aliphatic heterocycles. The maximum atomic E-state index is 12.9. The van der Waals surface area contributed by atoms with Crippen LogP contribution in [-0.4, -0.2) is 30.5 Å². The minimum Gasteiger partial charge on any atom is -0.497 e. The Balaban J connectivity index is 1.75. The van der Waals surface area contributed by atoms with Crippen LogP contribution in [0.5, 0.6) is 5.75 Å². The lowest BCUT2D eigenvalue weighted by Gasteiger charge is -2.15. The number of Topliss-reactive ketones (excluding diaryl/α,β-unsaturated/α-hetero) is 1. The summed E-state index contributed by atoms with van der Waals surface area (Å²) in [4.78, 5) is 29.4. The number of carbonyl (C=O) groups excluding carboxylic acids is 2. The topological polar surface area (TPSA) is 65.5 Å². The summed E-state index contributed by atoms with van der Waals surface area (Å²) >= 11 is 7.43. The molecule has 0 saturated carbocycles. The molecule has 1 unspecified atom stereocenters. The Morgan fingerprint density at radius 2 is 1.72 bits per heavy atom. The second-order valence-corrected chi connectivity index (χ2v) is 8.78. The third-order valence-corrected chi connectivity index (χ3v) is 6.29. The van der Waals surface area contributed by atoms with E-state index in [1.165, 1.54) is 11.3 Å². The number of benzene rings is 2. The Bertz CT molecular complexity index is 1030. The highest BCUT2D eigenvalue weighted by atomic mass is 35.5. The van der Waals surface area contributed by atoms with E-state index >= 15 is 0 Å². The minimum atomic E-state index is -0.296. The monoisotopic (exact) mass is 471 g/mol. The largest absolute Gasteiger partial charge is 0.497 e. The number of aromatic nitrogens is 1. The van der Waals surface area contributed by atoms with Gasteiger partial charge in [0.2, 0.25) is 0 Å². The zero-order valence-electron chi connectivity index (χ0n) is 18.2. The molecule has 7 heteroatoms. The second kappa shape index (κ2) is 11.8. The van der Waals surface area contributed by atoms with Crippen LogP contribution in [0, 0.1) is 0 Å². The normalized spacial score (nSPS) is 11.7. The Hall–Kier alpha value is -2.70. The van der Waals surface area contributed by atoms with Gasteiger partial charge in [0.05, 0.1) is 30.8 Å². The average Bonchev–Trinajstić information content (AvgIpc) is 3.24. The van der Waals surface area contributed by atoms with Gasteiger partial charge in [0.1, 0.15) is 11.5 Å². The molecule has 5 nitrogen and oxygen atoms in total. The summed E-state index contributed by atoms with van der Waals surface area (Å²) in [6.45, 7) is 2.12. The number of rotatable bonds is 11. The molecule has 0 aliphatic carbocycles. The Labute approximate surface area is 197 Å². The van der Waals surface area contributed by atoms with Crippen LogP contribution >= 0.6 is 22.9 Å². The lowest BCUT2D eigenvalue weighted by atomic mass is 9.92. The van der Waals surface area contributed by atoms with Crippen molar-refractivity contribution in [2.24, 2.45) is 0 Å². The maximum Gasteiger partial charge on any atom is 0.311 e. The number of thiazole rings is 1.